The minimum absolute atomic E-state index is 0.0183. The molecule has 0 aliphatic heterocycles. The standard InChI is InChI=1S/C12H16O3/c13-11-6-10(7-12(11)14)15-8-9-4-2-1-3-5-9/h1-5,10-14H,6-8H2/t11-,12-/m1/s1. The zero-order chi connectivity index (χ0) is 10.7. The van der Waals surface area contributed by atoms with Crippen LogP contribution in [0.5, 0.6) is 0 Å². The van der Waals surface area contributed by atoms with Gasteiger partial charge < -0.3 is 14.9 Å². The SMILES string of the molecule is O[C@@H]1CC(OCc2ccccc2)C[C@H]1O. The number of rotatable bonds is 3. The van der Waals surface area contributed by atoms with Gasteiger partial charge in [-0.2, -0.15) is 0 Å². The van der Waals surface area contributed by atoms with Crippen LogP contribution in [-0.4, -0.2) is 28.5 Å². The molecular weight excluding hydrogens is 192 g/mol. The van der Waals surface area contributed by atoms with Crippen LogP contribution in [0.2, 0.25) is 0 Å². The summed E-state index contributed by atoms with van der Waals surface area (Å²) in [5.74, 6) is 0. The first-order chi connectivity index (χ1) is 7.25. The Labute approximate surface area is 89.3 Å². The molecule has 1 aliphatic rings. The molecule has 3 nitrogen and oxygen atoms in total. The van der Waals surface area contributed by atoms with E-state index in [1.165, 1.54) is 0 Å². The summed E-state index contributed by atoms with van der Waals surface area (Å²) in [6.07, 6.45) is -0.186. The van der Waals surface area contributed by atoms with E-state index < -0.39 is 12.2 Å². The number of ether oxygens (including phenoxy) is 1. The van der Waals surface area contributed by atoms with Crippen LogP contribution in [0.4, 0.5) is 0 Å². The summed E-state index contributed by atoms with van der Waals surface area (Å²) in [6.45, 7) is 0.547. The third-order valence-corrected chi connectivity index (χ3v) is 2.78. The fraction of sp³-hybridized carbons (Fsp3) is 0.500. The molecule has 1 aliphatic carbocycles. The van der Waals surface area contributed by atoms with E-state index in [9.17, 15) is 10.2 Å². The Bertz CT molecular complexity index is 289. The van der Waals surface area contributed by atoms with Gasteiger partial charge in [-0.05, 0) is 5.56 Å². The zero-order valence-corrected chi connectivity index (χ0v) is 8.54. The minimum atomic E-state index is -0.620. The van der Waals surface area contributed by atoms with E-state index in [0.717, 1.165) is 5.56 Å². The highest BCUT2D eigenvalue weighted by atomic mass is 16.5. The Hall–Kier alpha value is -0.900. The molecule has 15 heavy (non-hydrogen) atoms. The molecule has 1 fully saturated rings. The van der Waals surface area contributed by atoms with E-state index >= 15 is 0 Å². The van der Waals surface area contributed by atoms with Crippen LogP contribution in [0.1, 0.15) is 18.4 Å². The molecule has 0 spiro atoms. The molecule has 0 amide bonds. The lowest BCUT2D eigenvalue weighted by Crippen LogP contribution is -2.17. The first-order valence-electron chi connectivity index (χ1n) is 5.27. The first-order valence-corrected chi connectivity index (χ1v) is 5.27. The molecule has 82 valence electrons. The maximum absolute atomic E-state index is 9.34. The number of hydrogen-bond donors (Lipinski definition) is 2. The van der Waals surface area contributed by atoms with Crippen molar-refractivity contribution in [3.05, 3.63) is 35.9 Å². The predicted molar refractivity (Wildman–Crippen MR) is 56.3 cm³/mol. The van der Waals surface area contributed by atoms with Gasteiger partial charge in [-0.3, -0.25) is 0 Å². The summed E-state index contributed by atoms with van der Waals surface area (Å²) in [6, 6.07) is 9.91. The summed E-state index contributed by atoms with van der Waals surface area (Å²) in [4.78, 5) is 0. The summed E-state index contributed by atoms with van der Waals surface area (Å²) in [5, 5.41) is 18.7. The molecule has 0 saturated heterocycles. The molecule has 0 aromatic heterocycles. The van der Waals surface area contributed by atoms with Crippen LogP contribution < -0.4 is 0 Å². The van der Waals surface area contributed by atoms with Gasteiger partial charge in [-0.1, -0.05) is 30.3 Å². The number of benzene rings is 1. The summed E-state index contributed by atoms with van der Waals surface area (Å²) in [5.41, 5.74) is 1.12. The topological polar surface area (TPSA) is 49.7 Å². The molecule has 1 aromatic rings. The van der Waals surface area contributed by atoms with Crippen LogP contribution in [0, 0.1) is 0 Å². The summed E-state index contributed by atoms with van der Waals surface area (Å²) >= 11 is 0. The molecular formula is C12H16O3. The number of aliphatic hydroxyl groups is 2. The Kier molecular flexibility index (Phi) is 3.36. The lowest BCUT2D eigenvalue weighted by molar-refractivity contribution is 0.0354. The van der Waals surface area contributed by atoms with Crippen molar-refractivity contribution in [2.45, 2.75) is 37.8 Å². The highest BCUT2D eigenvalue weighted by Gasteiger charge is 2.31. The van der Waals surface area contributed by atoms with Gasteiger partial charge in [-0.15, -0.1) is 0 Å². The number of hydrogen-bond acceptors (Lipinski definition) is 3. The fourth-order valence-electron chi connectivity index (χ4n) is 1.87. The second-order valence-electron chi connectivity index (χ2n) is 4.02. The van der Waals surface area contributed by atoms with Gasteiger partial charge in [0, 0.05) is 12.8 Å². The molecule has 2 rings (SSSR count). The van der Waals surface area contributed by atoms with Crippen LogP contribution >= 0.6 is 0 Å². The largest absolute Gasteiger partial charge is 0.390 e. The van der Waals surface area contributed by atoms with Crippen molar-refractivity contribution in [1.29, 1.82) is 0 Å². The van der Waals surface area contributed by atoms with Crippen molar-refractivity contribution in [3.63, 3.8) is 0 Å². The minimum Gasteiger partial charge on any atom is -0.390 e. The highest BCUT2D eigenvalue weighted by molar-refractivity contribution is 5.13. The van der Waals surface area contributed by atoms with E-state index in [0.29, 0.717) is 19.4 Å². The monoisotopic (exact) mass is 208 g/mol. The van der Waals surface area contributed by atoms with Gasteiger partial charge in [0.2, 0.25) is 0 Å². The quantitative estimate of drug-likeness (QED) is 0.781. The molecule has 2 N–H and O–H groups in total. The van der Waals surface area contributed by atoms with E-state index in [-0.39, 0.29) is 6.10 Å². The second-order valence-corrected chi connectivity index (χ2v) is 4.02. The van der Waals surface area contributed by atoms with E-state index in [1.807, 2.05) is 30.3 Å². The van der Waals surface area contributed by atoms with Gasteiger partial charge in [-0.25, -0.2) is 0 Å². The Morgan fingerprint density at radius 1 is 1.07 bits per heavy atom. The fourth-order valence-corrected chi connectivity index (χ4v) is 1.87. The second kappa shape index (κ2) is 4.75. The highest BCUT2D eigenvalue weighted by Crippen LogP contribution is 2.23. The average Bonchev–Trinajstić information content (AvgIpc) is 2.57. The van der Waals surface area contributed by atoms with Crippen LogP contribution in [-0.2, 0) is 11.3 Å². The first kappa shape index (κ1) is 10.6. The van der Waals surface area contributed by atoms with Crippen LogP contribution in [0.3, 0.4) is 0 Å². The average molecular weight is 208 g/mol. The van der Waals surface area contributed by atoms with E-state index in [1.54, 1.807) is 0 Å². The maximum atomic E-state index is 9.34. The van der Waals surface area contributed by atoms with Gasteiger partial charge in [0.1, 0.15) is 0 Å². The molecule has 0 radical (unpaired) electrons. The maximum Gasteiger partial charge on any atom is 0.0824 e. The third-order valence-electron chi connectivity index (χ3n) is 2.78. The molecule has 0 unspecified atom stereocenters. The molecule has 0 heterocycles. The lowest BCUT2D eigenvalue weighted by atomic mass is 10.2. The molecule has 1 aromatic carbocycles. The Morgan fingerprint density at radius 2 is 1.67 bits per heavy atom. The third kappa shape index (κ3) is 2.78. The zero-order valence-electron chi connectivity index (χ0n) is 8.54. The molecule has 1 saturated carbocycles. The molecule has 3 heteroatoms. The Morgan fingerprint density at radius 3 is 2.27 bits per heavy atom. The van der Waals surface area contributed by atoms with E-state index in [4.69, 9.17) is 4.74 Å². The van der Waals surface area contributed by atoms with Crippen molar-refractivity contribution < 1.29 is 14.9 Å². The van der Waals surface area contributed by atoms with Gasteiger partial charge >= 0.3 is 0 Å². The van der Waals surface area contributed by atoms with Gasteiger partial charge in [0.25, 0.3) is 0 Å². The van der Waals surface area contributed by atoms with Crippen molar-refractivity contribution >= 4 is 0 Å². The smallest absolute Gasteiger partial charge is 0.0824 e. The molecule has 0 bridgehead atoms. The summed E-state index contributed by atoms with van der Waals surface area (Å²) in [7, 11) is 0. The van der Waals surface area contributed by atoms with Gasteiger partial charge in [0.15, 0.2) is 0 Å². The van der Waals surface area contributed by atoms with Crippen LogP contribution in [0.25, 0.3) is 0 Å². The molecule has 2 atom stereocenters. The summed E-state index contributed by atoms with van der Waals surface area (Å²) < 4.78 is 5.61. The van der Waals surface area contributed by atoms with Crippen molar-refractivity contribution in [2.24, 2.45) is 0 Å². The van der Waals surface area contributed by atoms with Crippen LogP contribution in [0.15, 0.2) is 30.3 Å². The van der Waals surface area contributed by atoms with Gasteiger partial charge in [0.05, 0.1) is 24.9 Å². The van der Waals surface area contributed by atoms with Crippen molar-refractivity contribution in [3.8, 4) is 0 Å². The predicted octanol–water partition coefficient (Wildman–Crippen LogP) is 1.09. The number of aliphatic hydroxyl groups excluding tert-OH is 2. The van der Waals surface area contributed by atoms with Crippen molar-refractivity contribution in [2.75, 3.05) is 0 Å². The van der Waals surface area contributed by atoms with Crippen molar-refractivity contribution in [1.82, 2.24) is 0 Å². The lowest BCUT2D eigenvalue weighted by Gasteiger charge is -2.10. The normalized spacial score (nSPS) is 27.1. The van der Waals surface area contributed by atoms with E-state index in [2.05, 4.69) is 0 Å². The Balaban J connectivity index is 1.80.